The van der Waals surface area contributed by atoms with Gasteiger partial charge in [0.1, 0.15) is 11.4 Å². The van der Waals surface area contributed by atoms with Crippen molar-refractivity contribution in [2.75, 3.05) is 75.3 Å². The van der Waals surface area contributed by atoms with Gasteiger partial charge in [-0.15, -0.1) is 0 Å². The molecule has 2 aromatic carbocycles. The Labute approximate surface area is 247 Å². The summed E-state index contributed by atoms with van der Waals surface area (Å²) in [5.74, 6) is 2.11. The minimum atomic E-state index is 0.0896. The van der Waals surface area contributed by atoms with Gasteiger partial charge in [-0.25, -0.2) is 5.06 Å². The van der Waals surface area contributed by atoms with E-state index in [4.69, 9.17) is 19.5 Å². The molecule has 0 saturated carbocycles. The Bertz CT molecular complexity index is 1500. The predicted octanol–water partition coefficient (Wildman–Crippen LogP) is 4.81. The van der Waals surface area contributed by atoms with Gasteiger partial charge >= 0.3 is 0 Å². The highest BCUT2D eigenvalue weighted by Crippen LogP contribution is 2.38. The molecule has 0 radical (unpaired) electrons. The molecule has 10 nitrogen and oxygen atoms in total. The van der Waals surface area contributed by atoms with Gasteiger partial charge in [-0.3, -0.25) is 9.74 Å². The van der Waals surface area contributed by atoms with E-state index in [2.05, 4.69) is 68.4 Å². The summed E-state index contributed by atoms with van der Waals surface area (Å²) in [5.41, 5.74) is 3.98. The summed E-state index contributed by atoms with van der Waals surface area (Å²) in [6.07, 6.45) is 5.16. The third kappa shape index (κ3) is 5.37. The minimum Gasteiger partial charge on any atom is -0.495 e. The molecule has 3 aliphatic rings. The second kappa shape index (κ2) is 11.8. The number of hydroxylamine groups is 1. The number of piperidine rings is 1. The third-order valence-electron chi connectivity index (χ3n) is 8.99. The first-order chi connectivity index (χ1) is 20.7. The Balaban J connectivity index is 1.09. The highest BCUT2D eigenvalue weighted by Gasteiger charge is 2.31. The summed E-state index contributed by atoms with van der Waals surface area (Å²) in [6.45, 7) is 7.41. The number of anilines is 4. The molecule has 5 heterocycles. The number of nitrogens with one attached hydrogen (secondary N) is 2. The summed E-state index contributed by atoms with van der Waals surface area (Å²) >= 11 is 0. The number of fused-ring (bicyclic) bond motifs is 1. The van der Waals surface area contributed by atoms with Crippen LogP contribution in [0, 0.1) is 0 Å². The Morgan fingerprint density at radius 2 is 1.74 bits per heavy atom. The first kappa shape index (κ1) is 27.0. The zero-order chi connectivity index (χ0) is 28.5. The number of hydrogen-bond acceptors (Lipinski definition) is 9. The Morgan fingerprint density at radius 3 is 2.52 bits per heavy atom. The molecule has 10 heteroatoms. The van der Waals surface area contributed by atoms with E-state index in [9.17, 15) is 0 Å². The quantitative estimate of drug-likeness (QED) is 0.326. The maximum Gasteiger partial charge on any atom is 0.231 e. The maximum absolute atomic E-state index is 6.13. The van der Waals surface area contributed by atoms with E-state index in [1.54, 1.807) is 7.11 Å². The first-order valence-electron chi connectivity index (χ1n) is 15.1. The van der Waals surface area contributed by atoms with Crippen LogP contribution in [-0.4, -0.2) is 90.8 Å². The van der Waals surface area contributed by atoms with Gasteiger partial charge in [0, 0.05) is 69.7 Å². The van der Waals surface area contributed by atoms with E-state index >= 15 is 0 Å². The van der Waals surface area contributed by atoms with Gasteiger partial charge < -0.3 is 24.8 Å². The number of aromatic nitrogens is 3. The second-order valence-electron chi connectivity index (χ2n) is 11.6. The molecule has 0 unspecified atom stereocenters. The molecule has 1 atom stereocenters. The molecular weight excluding hydrogens is 528 g/mol. The lowest BCUT2D eigenvalue weighted by molar-refractivity contribution is 0.0981. The molecule has 0 bridgehead atoms. The van der Waals surface area contributed by atoms with Crippen LogP contribution in [0.3, 0.4) is 0 Å². The highest BCUT2D eigenvalue weighted by molar-refractivity contribution is 5.89. The molecule has 3 fully saturated rings. The van der Waals surface area contributed by atoms with Crippen LogP contribution in [0.15, 0.2) is 60.8 Å². The molecule has 0 amide bonds. The van der Waals surface area contributed by atoms with Gasteiger partial charge in [-0.05, 0) is 43.7 Å². The molecule has 0 aliphatic carbocycles. The standard InChI is InChI=1S/C32H40N8O2/c1-37-17-19-38(20-18-37)25-11-15-39(16-12-25)28-9-8-24(22-29(28)41-2)34-32-35-30-26(10-14-33-30)31(36-32)40-27(13-21-42-40)23-6-4-3-5-7-23/h3-10,14,22,25,27H,11-13,15-21H2,1-2H3,(H2,33,34,35,36)/t27-/m1/s1. The zero-order valence-corrected chi connectivity index (χ0v) is 24.5. The number of benzene rings is 2. The largest absolute Gasteiger partial charge is 0.495 e. The van der Waals surface area contributed by atoms with Crippen molar-refractivity contribution in [1.29, 1.82) is 0 Å². The summed E-state index contributed by atoms with van der Waals surface area (Å²) in [7, 11) is 3.96. The number of ether oxygens (including phenoxy) is 1. The zero-order valence-electron chi connectivity index (χ0n) is 24.5. The smallest absolute Gasteiger partial charge is 0.231 e. The molecule has 2 N–H and O–H groups in total. The van der Waals surface area contributed by atoms with Crippen LogP contribution in [0.25, 0.3) is 11.0 Å². The molecule has 220 valence electrons. The molecule has 3 aliphatic heterocycles. The number of H-pyrrole nitrogens is 1. The van der Waals surface area contributed by atoms with E-state index in [0.29, 0.717) is 18.6 Å². The van der Waals surface area contributed by atoms with Crippen molar-refractivity contribution in [3.63, 3.8) is 0 Å². The number of nitrogens with zero attached hydrogens (tertiary/aromatic N) is 6. The van der Waals surface area contributed by atoms with Crippen molar-refractivity contribution in [2.24, 2.45) is 0 Å². The second-order valence-corrected chi connectivity index (χ2v) is 11.6. The number of likely N-dealkylation sites (N-methyl/N-ethyl adjacent to an activating group) is 1. The van der Waals surface area contributed by atoms with Crippen molar-refractivity contribution in [2.45, 2.75) is 31.3 Å². The van der Waals surface area contributed by atoms with Crippen molar-refractivity contribution < 1.29 is 9.57 Å². The summed E-state index contributed by atoms with van der Waals surface area (Å²) in [5, 5.41) is 6.29. The predicted molar refractivity (Wildman–Crippen MR) is 167 cm³/mol. The highest BCUT2D eigenvalue weighted by atomic mass is 16.7. The SMILES string of the molecule is COc1cc(Nc2nc(N3OCC[C@@H]3c3ccccc3)c3cc[nH]c3n2)ccc1N1CCC(N2CCN(C)CC2)CC1. The third-order valence-corrected chi connectivity index (χ3v) is 8.99. The Kier molecular flexibility index (Phi) is 7.58. The minimum absolute atomic E-state index is 0.0896. The lowest BCUT2D eigenvalue weighted by Gasteiger charge is -2.42. The number of piperazine rings is 1. The lowest BCUT2D eigenvalue weighted by Crippen LogP contribution is -2.52. The van der Waals surface area contributed by atoms with E-state index < -0.39 is 0 Å². The Morgan fingerprint density at radius 1 is 0.929 bits per heavy atom. The number of methoxy groups -OCH3 is 1. The van der Waals surface area contributed by atoms with Crippen molar-refractivity contribution in [3.05, 3.63) is 66.4 Å². The van der Waals surface area contributed by atoms with Gasteiger partial charge in [0.2, 0.25) is 5.95 Å². The molecule has 42 heavy (non-hydrogen) atoms. The molecule has 3 saturated heterocycles. The van der Waals surface area contributed by atoms with E-state index in [1.807, 2.05) is 29.5 Å². The van der Waals surface area contributed by atoms with Crippen molar-refractivity contribution in [1.82, 2.24) is 24.8 Å². The average molecular weight is 569 g/mol. The topological polar surface area (TPSA) is 85.0 Å². The average Bonchev–Trinajstić information content (AvgIpc) is 3.72. The number of hydrogen-bond donors (Lipinski definition) is 2. The number of rotatable bonds is 7. The van der Waals surface area contributed by atoms with Gasteiger partial charge in [0.25, 0.3) is 0 Å². The van der Waals surface area contributed by atoms with Crippen LogP contribution in [0.5, 0.6) is 5.75 Å². The van der Waals surface area contributed by atoms with E-state index in [0.717, 1.165) is 53.5 Å². The van der Waals surface area contributed by atoms with Crippen LogP contribution in [-0.2, 0) is 4.84 Å². The summed E-state index contributed by atoms with van der Waals surface area (Å²) < 4.78 is 5.88. The van der Waals surface area contributed by atoms with Crippen LogP contribution in [0.2, 0.25) is 0 Å². The number of aromatic amines is 1. The molecular formula is C32H40N8O2. The Hall–Kier alpha value is -3.86. The van der Waals surface area contributed by atoms with Crippen molar-refractivity contribution in [3.8, 4) is 5.75 Å². The van der Waals surface area contributed by atoms with E-state index in [-0.39, 0.29) is 6.04 Å². The maximum atomic E-state index is 6.13. The fourth-order valence-corrected chi connectivity index (χ4v) is 6.61. The summed E-state index contributed by atoms with van der Waals surface area (Å²) in [6, 6.07) is 19.5. The van der Waals surface area contributed by atoms with Crippen molar-refractivity contribution >= 4 is 34.2 Å². The molecule has 4 aromatic rings. The molecule has 0 spiro atoms. The molecule has 2 aromatic heterocycles. The lowest BCUT2D eigenvalue weighted by atomic mass is 10.0. The first-order valence-corrected chi connectivity index (χ1v) is 15.1. The van der Waals surface area contributed by atoms with Crippen LogP contribution >= 0.6 is 0 Å². The van der Waals surface area contributed by atoms with Gasteiger partial charge in [0.15, 0.2) is 5.82 Å². The fourth-order valence-electron chi connectivity index (χ4n) is 6.61. The van der Waals surface area contributed by atoms with Gasteiger partial charge in [-0.2, -0.15) is 9.97 Å². The van der Waals surface area contributed by atoms with Crippen LogP contribution in [0.1, 0.15) is 30.9 Å². The summed E-state index contributed by atoms with van der Waals surface area (Å²) in [4.78, 5) is 26.7. The van der Waals surface area contributed by atoms with E-state index in [1.165, 1.54) is 44.6 Å². The van der Waals surface area contributed by atoms with Gasteiger partial charge in [-0.1, -0.05) is 30.3 Å². The molecule has 7 rings (SSSR count). The van der Waals surface area contributed by atoms with Crippen LogP contribution in [0.4, 0.5) is 23.1 Å². The normalized spacial score (nSPS) is 20.9. The van der Waals surface area contributed by atoms with Crippen LogP contribution < -0.4 is 20.0 Å². The van der Waals surface area contributed by atoms with Gasteiger partial charge in [0.05, 0.1) is 30.8 Å². The monoisotopic (exact) mass is 568 g/mol. The fraction of sp³-hybridized carbons (Fsp3) is 0.438.